The number of methoxy groups -OCH3 is 2. The highest BCUT2D eigenvalue weighted by Crippen LogP contribution is 2.36. The summed E-state index contributed by atoms with van der Waals surface area (Å²) in [5.74, 6) is -4.12. The van der Waals surface area contributed by atoms with Crippen LogP contribution >= 0.6 is 0 Å². The first-order valence-electron chi connectivity index (χ1n) is 11.6. The average Bonchev–Trinajstić information content (AvgIpc) is 2.91. The van der Waals surface area contributed by atoms with Crippen LogP contribution in [0.3, 0.4) is 0 Å². The summed E-state index contributed by atoms with van der Waals surface area (Å²) in [6, 6.07) is 7.75. The average molecular weight is 545 g/mol. The third kappa shape index (κ3) is 7.06. The molecule has 12 heteroatoms. The molecule has 0 amide bonds. The molecule has 0 bridgehead atoms. The predicted octanol–water partition coefficient (Wildman–Crippen LogP) is 1.77. The fourth-order valence-electron chi connectivity index (χ4n) is 4.03. The first kappa shape index (κ1) is 29.0. The van der Waals surface area contributed by atoms with Crippen LogP contribution in [0, 0.1) is 0 Å². The van der Waals surface area contributed by atoms with Gasteiger partial charge in [0.05, 0.1) is 7.11 Å². The molecule has 2 aromatic carbocycles. The summed E-state index contributed by atoms with van der Waals surface area (Å²) < 4.78 is 21.0. The Hall–Kier alpha value is -4.55. The van der Waals surface area contributed by atoms with E-state index < -0.39 is 53.3 Å². The summed E-state index contributed by atoms with van der Waals surface area (Å²) in [6.45, 7) is 0. The zero-order valence-electron chi connectivity index (χ0n) is 21.0. The Morgan fingerprint density at radius 3 is 1.56 bits per heavy atom. The third-order valence-electron chi connectivity index (χ3n) is 6.13. The van der Waals surface area contributed by atoms with Crippen molar-refractivity contribution in [2.45, 2.75) is 36.8 Å². The minimum atomic E-state index is -1.71. The van der Waals surface area contributed by atoms with Gasteiger partial charge in [-0.05, 0) is 47.5 Å². The van der Waals surface area contributed by atoms with Gasteiger partial charge in [-0.3, -0.25) is 0 Å². The summed E-state index contributed by atoms with van der Waals surface area (Å²) in [6.07, 6.45) is -0.219. The number of ether oxygens (including phenoxy) is 4. The lowest BCUT2D eigenvalue weighted by Gasteiger charge is -2.42. The molecule has 12 nitrogen and oxygen atoms in total. The van der Waals surface area contributed by atoms with Gasteiger partial charge in [0.15, 0.2) is 28.6 Å². The van der Waals surface area contributed by atoms with Crippen molar-refractivity contribution in [2.24, 2.45) is 0 Å². The molecule has 0 unspecified atom stereocenters. The Bertz CT molecular complexity index is 1200. The molecular formula is C27H28O12. The zero-order chi connectivity index (χ0) is 28.7. The molecule has 208 valence electrons. The van der Waals surface area contributed by atoms with Crippen LogP contribution in [0.1, 0.15) is 24.0 Å². The predicted molar refractivity (Wildman–Crippen MR) is 134 cm³/mol. The smallest absolute Gasteiger partial charge is 0.338 e. The van der Waals surface area contributed by atoms with E-state index in [2.05, 4.69) is 0 Å². The van der Waals surface area contributed by atoms with E-state index in [0.717, 1.165) is 19.3 Å². The van der Waals surface area contributed by atoms with Crippen LogP contribution < -0.4 is 0 Å². The fourth-order valence-corrected chi connectivity index (χ4v) is 4.03. The van der Waals surface area contributed by atoms with Gasteiger partial charge in [-0.2, -0.15) is 0 Å². The number of carbonyl (C=O) groups excluding carboxylic acids is 3. The molecule has 0 aliphatic heterocycles. The van der Waals surface area contributed by atoms with E-state index in [4.69, 9.17) is 18.9 Å². The second-order valence-corrected chi connectivity index (χ2v) is 8.70. The molecule has 1 saturated carbocycles. The van der Waals surface area contributed by atoms with Gasteiger partial charge < -0.3 is 44.5 Å². The van der Waals surface area contributed by atoms with Gasteiger partial charge in [0.1, 0.15) is 18.3 Å². The van der Waals surface area contributed by atoms with Gasteiger partial charge in [-0.1, -0.05) is 12.1 Å². The van der Waals surface area contributed by atoms with Crippen LogP contribution in [0.4, 0.5) is 0 Å². The Balaban J connectivity index is 1.77. The van der Waals surface area contributed by atoms with E-state index >= 15 is 0 Å². The number of rotatable bonds is 8. The molecule has 5 N–H and O–H groups in total. The van der Waals surface area contributed by atoms with Crippen molar-refractivity contribution in [2.75, 3.05) is 14.2 Å². The molecular weight excluding hydrogens is 516 g/mol. The molecule has 1 fully saturated rings. The molecule has 2 aromatic rings. The minimum absolute atomic E-state index is 0.298. The minimum Gasteiger partial charge on any atom is -0.504 e. The highest BCUT2D eigenvalue weighted by Gasteiger charge is 2.54. The van der Waals surface area contributed by atoms with E-state index in [9.17, 15) is 39.9 Å². The number of carbonyl (C=O) groups is 3. The molecule has 0 aromatic heterocycles. The molecule has 1 aliphatic rings. The molecule has 0 heterocycles. The van der Waals surface area contributed by atoms with Crippen LogP contribution in [0.2, 0.25) is 0 Å². The van der Waals surface area contributed by atoms with Crippen LogP contribution in [0.5, 0.6) is 23.0 Å². The normalized spacial score (nSPS) is 23.0. The Morgan fingerprint density at radius 2 is 1.21 bits per heavy atom. The quantitative estimate of drug-likeness (QED) is 0.140. The largest absolute Gasteiger partial charge is 0.504 e. The van der Waals surface area contributed by atoms with Crippen molar-refractivity contribution < 1.29 is 58.9 Å². The van der Waals surface area contributed by atoms with Crippen LogP contribution in [-0.2, 0) is 33.3 Å². The van der Waals surface area contributed by atoms with E-state index in [-0.39, 0.29) is 24.3 Å². The van der Waals surface area contributed by atoms with Gasteiger partial charge in [-0.15, -0.1) is 0 Å². The van der Waals surface area contributed by atoms with Gasteiger partial charge in [0, 0.05) is 32.1 Å². The molecule has 0 spiro atoms. The maximum Gasteiger partial charge on any atom is 0.338 e. The van der Waals surface area contributed by atoms with Crippen LogP contribution in [0.15, 0.2) is 48.6 Å². The SMILES string of the molecule is COC(=O)C1(OC)C[C@@H](OC(=O)/C=C/c2ccc(O)c(O)c2)C(O)[C@H](OC(=O)/C=C/c2ccc(O)c(O)c2)C1. The van der Waals surface area contributed by atoms with Gasteiger partial charge in [0.25, 0.3) is 0 Å². The number of esters is 3. The van der Waals surface area contributed by atoms with Crippen molar-refractivity contribution in [1.29, 1.82) is 0 Å². The summed E-state index contributed by atoms with van der Waals surface area (Å²) in [5, 5.41) is 48.9. The Labute approximate surface area is 222 Å². The van der Waals surface area contributed by atoms with Gasteiger partial charge >= 0.3 is 17.9 Å². The summed E-state index contributed by atoms with van der Waals surface area (Å²) >= 11 is 0. The van der Waals surface area contributed by atoms with Gasteiger partial charge in [-0.25, -0.2) is 14.4 Å². The van der Waals surface area contributed by atoms with Crippen LogP contribution in [-0.4, -0.2) is 81.6 Å². The number of phenolic OH excluding ortho intramolecular Hbond substituents is 4. The number of aliphatic hydroxyl groups excluding tert-OH is 1. The van der Waals surface area contributed by atoms with Crippen molar-refractivity contribution >= 4 is 30.1 Å². The standard InChI is InChI=1S/C27H28O12/c1-36-26(35)27(37-2)13-21(38-23(32)9-5-15-3-7-17(28)19(30)11-15)25(34)22(14-27)39-24(33)10-6-16-4-8-18(29)20(31)12-16/h3-12,21-22,25,28-31,34H,13-14H2,1-2H3/b9-5+,10-6+/t21-,22-,25?,27?/m1/s1. The van der Waals surface area contributed by atoms with E-state index in [0.29, 0.717) is 11.1 Å². The van der Waals surface area contributed by atoms with Crippen molar-refractivity contribution in [3.05, 3.63) is 59.7 Å². The number of phenols is 4. The molecule has 1 aliphatic carbocycles. The van der Waals surface area contributed by atoms with E-state index in [1.54, 1.807) is 0 Å². The monoisotopic (exact) mass is 544 g/mol. The van der Waals surface area contributed by atoms with Gasteiger partial charge in [0.2, 0.25) is 0 Å². The van der Waals surface area contributed by atoms with Crippen molar-refractivity contribution in [3.63, 3.8) is 0 Å². The van der Waals surface area contributed by atoms with E-state index in [1.165, 1.54) is 55.7 Å². The van der Waals surface area contributed by atoms with Crippen molar-refractivity contribution in [1.82, 2.24) is 0 Å². The topological polar surface area (TPSA) is 189 Å². The highest BCUT2D eigenvalue weighted by atomic mass is 16.6. The lowest BCUT2D eigenvalue weighted by molar-refractivity contribution is -0.209. The zero-order valence-corrected chi connectivity index (χ0v) is 21.0. The third-order valence-corrected chi connectivity index (χ3v) is 6.13. The maximum atomic E-state index is 12.6. The second kappa shape index (κ2) is 12.3. The molecule has 0 radical (unpaired) electrons. The maximum absolute atomic E-state index is 12.6. The van der Waals surface area contributed by atoms with Crippen molar-refractivity contribution in [3.8, 4) is 23.0 Å². The molecule has 39 heavy (non-hydrogen) atoms. The second-order valence-electron chi connectivity index (χ2n) is 8.70. The molecule has 0 saturated heterocycles. The lowest BCUT2D eigenvalue weighted by atomic mass is 9.79. The number of hydrogen-bond donors (Lipinski definition) is 5. The number of aromatic hydroxyl groups is 4. The Morgan fingerprint density at radius 1 is 0.769 bits per heavy atom. The molecule has 2 atom stereocenters. The van der Waals surface area contributed by atoms with Crippen LogP contribution in [0.25, 0.3) is 12.2 Å². The first-order chi connectivity index (χ1) is 18.5. The lowest BCUT2D eigenvalue weighted by Crippen LogP contribution is -2.59. The summed E-state index contributed by atoms with van der Waals surface area (Å²) in [7, 11) is 2.35. The highest BCUT2D eigenvalue weighted by molar-refractivity contribution is 5.88. The summed E-state index contributed by atoms with van der Waals surface area (Å²) in [5.41, 5.74) is -0.969. The number of aliphatic hydroxyl groups is 1. The number of benzene rings is 2. The molecule has 3 rings (SSSR count). The Kier molecular flexibility index (Phi) is 9.17. The summed E-state index contributed by atoms with van der Waals surface area (Å²) in [4.78, 5) is 37.6. The fraction of sp³-hybridized carbons (Fsp3) is 0.296. The first-order valence-corrected chi connectivity index (χ1v) is 11.6. The number of hydrogen-bond acceptors (Lipinski definition) is 12. The van der Waals surface area contributed by atoms with E-state index in [1.807, 2.05) is 0 Å².